The lowest BCUT2D eigenvalue weighted by atomic mass is 10.4. The molecule has 1 rings (SSSR count). The molecule has 0 aromatic heterocycles. The van der Waals surface area contributed by atoms with Gasteiger partial charge in [-0.2, -0.15) is 5.26 Å². The molecule has 3 nitrogen and oxygen atoms in total. The first-order chi connectivity index (χ1) is 5.38. The van der Waals surface area contributed by atoms with Crippen LogP contribution in [0, 0.1) is 11.5 Å². The van der Waals surface area contributed by atoms with Crippen molar-refractivity contribution in [3.63, 3.8) is 0 Å². The summed E-state index contributed by atoms with van der Waals surface area (Å²) in [5.74, 6) is 0. The molecule has 0 aromatic rings. The molecule has 0 atom stereocenters. The van der Waals surface area contributed by atoms with E-state index in [1.54, 1.807) is 0 Å². The Morgan fingerprint density at radius 1 is 1.64 bits per heavy atom. The van der Waals surface area contributed by atoms with Crippen LogP contribution < -0.4 is 5.32 Å². The van der Waals surface area contributed by atoms with Gasteiger partial charge in [0.05, 0.1) is 0 Å². The molecule has 0 radical (unpaired) electrons. The Hall–Kier alpha value is -0.750. The topological polar surface area (TPSA) is 39.1 Å². The molecule has 0 bridgehead atoms. The molecule has 3 heteroatoms. The molecule has 0 spiro atoms. The molecule has 0 unspecified atom stereocenters. The summed E-state index contributed by atoms with van der Waals surface area (Å²) < 4.78 is 0. The van der Waals surface area contributed by atoms with E-state index in [0.29, 0.717) is 0 Å². The molecular weight excluding hydrogens is 138 g/mol. The van der Waals surface area contributed by atoms with E-state index < -0.39 is 0 Å². The first kappa shape index (κ1) is 8.35. The third-order valence-electron chi connectivity index (χ3n) is 2.07. The van der Waals surface area contributed by atoms with E-state index in [1.165, 1.54) is 12.8 Å². The first-order valence-electron chi connectivity index (χ1n) is 4.24. The third-order valence-corrected chi connectivity index (χ3v) is 2.07. The number of nitrogens with zero attached hydrogens (tertiary/aromatic N) is 2. The Morgan fingerprint density at radius 2 is 2.36 bits per heavy atom. The minimum Gasteiger partial charge on any atom is -0.323 e. The van der Waals surface area contributed by atoms with Crippen LogP contribution in [0.1, 0.15) is 19.8 Å². The van der Waals surface area contributed by atoms with Crippen molar-refractivity contribution in [3.05, 3.63) is 0 Å². The van der Waals surface area contributed by atoms with Crippen LogP contribution in [0.25, 0.3) is 0 Å². The average molecular weight is 153 g/mol. The highest BCUT2D eigenvalue weighted by atomic mass is 15.2. The minimum absolute atomic E-state index is 0.792. The van der Waals surface area contributed by atoms with Crippen molar-refractivity contribution >= 4 is 0 Å². The highest BCUT2D eigenvalue weighted by Crippen LogP contribution is 2.25. The number of nitrogens with one attached hydrogen (secondary N) is 1. The van der Waals surface area contributed by atoms with E-state index in [0.717, 1.165) is 25.7 Å². The average Bonchev–Trinajstić information content (AvgIpc) is 2.81. The highest BCUT2D eigenvalue weighted by molar-refractivity contribution is 4.84. The van der Waals surface area contributed by atoms with E-state index in [-0.39, 0.29) is 0 Å². The number of hydrogen-bond acceptors (Lipinski definition) is 3. The predicted molar refractivity (Wildman–Crippen MR) is 43.9 cm³/mol. The summed E-state index contributed by atoms with van der Waals surface area (Å²) >= 11 is 0. The highest BCUT2D eigenvalue weighted by Gasteiger charge is 2.26. The molecule has 1 fully saturated rings. The van der Waals surface area contributed by atoms with E-state index in [1.807, 2.05) is 6.19 Å². The second kappa shape index (κ2) is 4.20. The molecule has 0 aromatic carbocycles. The summed E-state index contributed by atoms with van der Waals surface area (Å²) in [6.07, 6.45) is 4.63. The zero-order chi connectivity index (χ0) is 8.10. The quantitative estimate of drug-likeness (QED) is 0.356. The van der Waals surface area contributed by atoms with Crippen molar-refractivity contribution in [2.45, 2.75) is 25.8 Å². The van der Waals surface area contributed by atoms with Crippen LogP contribution in [-0.2, 0) is 0 Å². The maximum Gasteiger partial charge on any atom is 0.176 e. The van der Waals surface area contributed by atoms with E-state index >= 15 is 0 Å². The third kappa shape index (κ3) is 2.77. The smallest absolute Gasteiger partial charge is 0.176 e. The normalized spacial score (nSPS) is 16.5. The Morgan fingerprint density at radius 3 is 2.82 bits per heavy atom. The molecule has 0 saturated heterocycles. The predicted octanol–water partition coefficient (Wildman–Crippen LogP) is 0.541. The molecule has 0 heterocycles. The monoisotopic (exact) mass is 153 g/mol. The molecule has 62 valence electrons. The van der Waals surface area contributed by atoms with Gasteiger partial charge in [-0.3, -0.25) is 4.90 Å². The Balaban J connectivity index is 2.06. The van der Waals surface area contributed by atoms with Gasteiger partial charge in [0.15, 0.2) is 6.19 Å². The first-order valence-corrected chi connectivity index (χ1v) is 4.24. The Bertz CT molecular complexity index is 146. The van der Waals surface area contributed by atoms with Gasteiger partial charge in [-0.05, 0) is 19.4 Å². The SMILES string of the molecule is CCN(CCNC#N)C1CC1. The number of likely N-dealkylation sites (N-methyl/N-ethyl adjacent to an activating group) is 1. The fraction of sp³-hybridized carbons (Fsp3) is 0.875. The summed E-state index contributed by atoms with van der Waals surface area (Å²) in [6, 6.07) is 0.820. The van der Waals surface area contributed by atoms with Crippen molar-refractivity contribution in [1.82, 2.24) is 10.2 Å². The zero-order valence-electron chi connectivity index (χ0n) is 7.01. The van der Waals surface area contributed by atoms with Crippen molar-refractivity contribution < 1.29 is 0 Å². The van der Waals surface area contributed by atoms with Gasteiger partial charge in [-0.1, -0.05) is 6.92 Å². The molecule has 1 N–H and O–H groups in total. The number of rotatable bonds is 5. The lowest BCUT2D eigenvalue weighted by Gasteiger charge is -2.18. The van der Waals surface area contributed by atoms with E-state index in [2.05, 4.69) is 17.1 Å². The summed E-state index contributed by atoms with van der Waals surface area (Å²) in [4.78, 5) is 2.42. The standard InChI is InChI=1S/C8H15N3/c1-2-11(8-3-4-8)6-5-10-7-9/h8,10H,2-6H2,1H3. The fourth-order valence-corrected chi connectivity index (χ4v) is 1.29. The van der Waals surface area contributed by atoms with E-state index in [9.17, 15) is 0 Å². The molecule has 11 heavy (non-hydrogen) atoms. The van der Waals surface area contributed by atoms with Gasteiger partial charge in [0, 0.05) is 19.1 Å². The second-order valence-electron chi connectivity index (χ2n) is 2.90. The van der Waals surface area contributed by atoms with Crippen LogP contribution in [0.15, 0.2) is 0 Å². The number of nitriles is 1. The van der Waals surface area contributed by atoms with Crippen molar-refractivity contribution in [2.75, 3.05) is 19.6 Å². The fourth-order valence-electron chi connectivity index (χ4n) is 1.29. The van der Waals surface area contributed by atoms with Crippen LogP contribution in [0.5, 0.6) is 0 Å². The lowest BCUT2D eigenvalue weighted by molar-refractivity contribution is 0.281. The van der Waals surface area contributed by atoms with Crippen LogP contribution in [0.3, 0.4) is 0 Å². The number of hydrogen-bond donors (Lipinski definition) is 1. The summed E-state index contributed by atoms with van der Waals surface area (Å²) in [5.41, 5.74) is 0. The molecule has 1 aliphatic rings. The summed E-state index contributed by atoms with van der Waals surface area (Å²) in [5, 5.41) is 10.9. The van der Waals surface area contributed by atoms with Gasteiger partial charge < -0.3 is 5.32 Å². The van der Waals surface area contributed by atoms with Crippen molar-refractivity contribution in [1.29, 1.82) is 5.26 Å². The molecule has 0 aliphatic heterocycles. The zero-order valence-corrected chi connectivity index (χ0v) is 7.01. The van der Waals surface area contributed by atoms with Gasteiger partial charge in [0.2, 0.25) is 0 Å². The Labute approximate surface area is 68.0 Å². The van der Waals surface area contributed by atoms with Gasteiger partial charge in [0.1, 0.15) is 0 Å². The van der Waals surface area contributed by atoms with Gasteiger partial charge in [0.25, 0.3) is 0 Å². The molecule has 1 aliphatic carbocycles. The van der Waals surface area contributed by atoms with E-state index in [4.69, 9.17) is 5.26 Å². The van der Waals surface area contributed by atoms with Crippen LogP contribution in [0.2, 0.25) is 0 Å². The van der Waals surface area contributed by atoms with Crippen LogP contribution in [-0.4, -0.2) is 30.6 Å². The van der Waals surface area contributed by atoms with Crippen LogP contribution in [0.4, 0.5) is 0 Å². The molecule has 1 saturated carbocycles. The largest absolute Gasteiger partial charge is 0.323 e. The van der Waals surface area contributed by atoms with Gasteiger partial charge in [-0.25, -0.2) is 0 Å². The van der Waals surface area contributed by atoms with Crippen LogP contribution >= 0.6 is 0 Å². The molecule has 0 amide bonds. The van der Waals surface area contributed by atoms with Gasteiger partial charge in [-0.15, -0.1) is 0 Å². The summed E-state index contributed by atoms with van der Waals surface area (Å²) in [6.45, 7) is 5.08. The minimum atomic E-state index is 0.792. The maximum absolute atomic E-state index is 8.23. The van der Waals surface area contributed by atoms with Crippen molar-refractivity contribution in [2.24, 2.45) is 0 Å². The lowest BCUT2D eigenvalue weighted by Crippen LogP contribution is -2.32. The second-order valence-corrected chi connectivity index (χ2v) is 2.90. The molecular formula is C8H15N3. The van der Waals surface area contributed by atoms with Gasteiger partial charge >= 0.3 is 0 Å². The maximum atomic E-state index is 8.23. The van der Waals surface area contributed by atoms with Crippen molar-refractivity contribution in [3.8, 4) is 6.19 Å². The Kier molecular flexibility index (Phi) is 3.18. The summed E-state index contributed by atoms with van der Waals surface area (Å²) in [7, 11) is 0.